The average Bonchev–Trinajstić information content (AvgIpc) is 3.28. The molecular weight excluding hydrogens is 464 g/mol. The van der Waals surface area contributed by atoms with Gasteiger partial charge in [0, 0.05) is 12.3 Å². The van der Waals surface area contributed by atoms with Gasteiger partial charge in [-0.2, -0.15) is 4.21 Å². The first-order valence-corrected chi connectivity index (χ1v) is 12.9. The number of rotatable bonds is 10. The molecule has 0 aromatic heterocycles. The van der Waals surface area contributed by atoms with Crippen molar-refractivity contribution in [2.24, 2.45) is 5.92 Å². The first-order chi connectivity index (χ1) is 17.3. The van der Waals surface area contributed by atoms with Crippen molar-refractivity contribution in [1.29, 1.82) is 0 Å². The van der Waals surface area contributed by atoms with Gasteiger partial charge < -0.3 is 14.2 Å². The predicted octanol–water partition coefficient (Wildman–Crippen LogP) is 4.76. The highest BCUT2D eigenvalue weighted by Crippen LogP contribution is 2.39. The van der Waals surface area contributed by atoms with Crippen LogP contribution < -0.4 is 0 Å². The van der Waals surface area contributed by atoms with Gasteiger partial charge in [0.05, 0.1) is 38.6 Å². The van der Waals surface area contributed by atoms with Crippen molar-refractivity contribution in [3.8, 4) is 0 Å². The van der Waals surface area contributed by atoms with Crippen LogP contribution in [0, 0.1) is 5.92 Å². The first kappa shape index (κ1) is 24.3. The number of fused-ring (bicyclic) bond motifs is 1. The van der Waals surface area contributed by atoms with Gasteiger partial charge >= 0.3 is 11.4 Å². The van der Waals surface area contributed by atoms with E-state index in [1.54, 1.807) is 0 Å². The Labute approximate surface area is 209 Å². The number of hydrogen-bond donors (Lipinski definition) is 0. The van der Waals surface area contributed by atoms with Gasteiger partial charge in [0.1, 0.15) is 12.2 Å². The summed E-state index contributed by atoms with van der Waals surface area (Å²) in [6, 6.07) is 30.1. The Balaban J connectivity index is 1.34. The number of benzene rings is 3. The molecule has 0 radical (unpaired) electrons. The summed E-state index contributed by atoms with van der Waals surface area (Å²) < 4.78 is 42.5. The summed E-state index contributed by atoms with van der Waals surface area (Å²) in [5.74, 6) is -0.201. The van der Waals surface area contributed by atoms with Crippen LogP contribution in [0.1, 0.15) is 23.1 Å². The molecule has 2 fully saturated rings. The Morgan fingerprint density at radius 1 is 0.714 bits per heavy atom. The van der Waals surface area contributed by atoms with E-state index in [2.05, 4.69) is 0 Å². The zero-order valence-electron chi connectivity index (χ0n) is 19.4. The quantitative estimate of drug-likeness (QED) is 0.405. The number of ether oxygens (including phenoxy) is 3. The van der Waals surface area contributed by atoms with E-state index in [0.29, 0.717) is 32.8 Å². The van der Waals surface area contributed by atoms with E-state index in [0.717, 1.165) is 16.7 Å². The second kappa shape index (κ2) is 12.0. The van der Waals surface area contributed by atoms with Crippen LogP contribution in [0.15, 0.2) is 91.0 Å². The molecule has 1 saturated carbocycles. The van der Waals surface area contributed by atoms with Crippen LogP contribution in [0.3, 0.4) is 0 Å². The average molecular weight is 495 g/mol. The minimum atomic E-state index is -1.78. The Kier molecular flexibility index (Phi) is 8.36. The zero-order chi connectivity index (χ0) is 23.9. The zero-order valence-corrected chi connectivity index (χ0v) is 20.3. The maximum atomic E-state index is 12.2. The lowest BCUT2D eigenvalue weighted by molar-refractivity contribution is -0.176. The molecule has 6 unspecified atom stereocenters. The molecule has 3 aromatic carbocycles. The molecule has 6 atom stereocenters. The largest absolute Gasteiger partial charge is 0.376 e. The first-order valence-electron chi connectivity index (χ1n) is 11.9. The monoisotopic (exact) mass is 494 g/mol. The molecule has 0 N–H and O–H groups in total. The summed E-state index contributed by atoms with van der Waals surface area (Å²) in [5.41, 5.74) is 3.25. The molecule has 0 bridgehead atoms. The summed E-state index contributed by atoms with van der Waals surface area (Å²) in [6.07, 6.45) is -0.751. The van der Waals surface area contributed by atoms with Gasteiger partial charge in [-0.3, -0.25) is 8.37 Å². The second-order valence-electron chi connectivity index (χ2n) is 8.90. The Hall–Kier alpha value is -2.39. The maximum Gasteiger partial charge on any atom is 0.305 e. The highest BCUT2D eigenvalue weighted by Gasteiger charge is 2.52. The molecule has 1 heterocycles. The van der Waals surface area contributed by atoms with Crippen LogP contribution in [-0.4, -0.2) is 35.2 Å². The summed E-state index contributed by atoms with van der Waals surface area (Å²) in [5, 5.41) is 0. The lowest BCUT2D eigenvalue weighted by Gasteiger charge is -2.42. The highest BCUT2D eigenvalue weighted by atomic mass is 32.2. The number of hydrogen-bond acceptors (Lipinski definition) is 6. The Bertz CT molecular complexity index is 1060. The predicted molar refractivity (Wildman–Crippen MR) is 132 cm³/mol. The van der Waals surface area contributed by atoms with Crippen molar-refractivity contribution in [2.45, 2.75) is 50.7 Å². The third-order valence-corrected chi connectivity index (χ3v) is 7.23. The van der Waals surface area contributed by atoms with Crippen molar-refractivity contribution in [1.82, 2.24) is 0 Å². The molecule has 5 rings (SSSR count). The van der Waals surface area contributed by atoms with Crippen LogP contribution in [-0.2, 0) is 53.8 Å². The van der Waals surface area contributed by atoms with Crippen molar-refractivity contribution >= 4 is 11.4 Å². The van der Waals surface area contributed by atoms with Gasteiger partial charge in [-0.05, 0) is 16.7 Å². The fraction of sp³-hybridized carbons (Fsp3) is 0.357. The molecule has 0 spiro atoms. The molecule has 3 aromatic rings. The van der Waals surface area contributed by atoms with E-state index in [-0.39, 0.29) is 30.3 Å². The molecule has 0 amide bonds. The van der Waals surface area contributed by atoms with Crippen LogP contribution in [0.2, 0.25) is 0 Å². The summed E-state index contributed by atoms with van der Waals surface area (Å²) in [7, 11) is 0. The molecule has 1 aliphatic carbocycles. The van der Waals surface area contributed by atoms with Crippen LogP contribution >= 0.6 is 0 Å². The molecule has 1 saturated heterocycles. The van der Waals surface area contributed by atoms with E-state index < -0.39 is 11.4 Å². The molecule has 184 valence electrons. The standard InChI is InChI=1S/C28H30O6S/c29-35-33-26-16-25(31-18-22-12-6-2-7-13-22)27(32-19-23-14-8-3-9-15-23)24(28(26)34-35)20-30-17-21-10-4-1-5-11-21/h1-15,24-28H,16-20H2. The topological polar surface area (TPSA) is 63.2 Å². The molecule has 2 aliphatic rings. The van der Waals surface area contributed by atoms with E-state index >= 15 is 0 Å². The Morgan fingerprint density at radius 3 is 1.86 bits per heavy atom. The van der Waals surface area contributed by atoms with E-state index in [9.17, 15) is 4.21 Å². The van der Waals surface area contributed by atoms with Gasteiger partial charge in [0.2, 0.25) is 0 Å². The van der Waals surface area contributed by atoms with E-state index in [4.69, 9.17) is 22.6 Å². The van der Waals surface area contributed by atoms with Gasteiger partial charge in [0.15, 0.2) is 0 Å². The lowest BCUT2D eigenvalue weighted by Crippen LogP contribution is -2.54. The SMILES string of the molecule is O=S1OC2CC(OCc3ccccc3)C(OCc3ccccc3)C(COCc3ccccc3)C2O1. The fourth-order valence-electron chi connectivity index (χ4n) is 4.69. The van der Waals surface area contributed by atoms with Crippen molar-refractivity contribution < 1.29 is 26.8 Å². The van der Waals surface area contributed by atoms with Gasteiger partial charge in [-0.15, -0.1) is 0 Å². The summed E-state index contributed by atoms with van der Waals surface area (Å²) in [4.78, 5) is 0. The van der Waals surface area contributed by atoms with Crippen LogP contribution in [0.5, 0.6) is 0 Å². The fourth-order valence-corrected chi connectivity index (χ4v) is 5.58. The molecule has 6 nitrogen and oxygen atoms in total. The summed E-state index contributed by atoms with van der Waals surface area (Å²) >= 11 is -1.78. The third-order valence-electron chi connectivity index (χ3n) is 6.45. The highest BCUT2D eigenvalue weighted by molar-refractivity contribution is 7.75. The maximum absolute atomic E-state index is 12.2. The van der Waals surface area contributed by atoms with E-state index in [1.807, 2.05) is 91.0 Å². The lowest BCUT2D eigenvalue weighted by atomic mass is 9.80. The van der Waals surface area contributed by atoms with Crippen molar-refractivity contribution in [3.05, 3.63) is 108 Å². The van der Waals surface area contributed by atoms with Gasteiger partial charge in [0.25, 0.3) is 0 Å². The van der Waals surface area contributed by atoms with Gasteiger partial charge in [-0.1, -0.05) is 91.0 Å². The van der Waals surface area contributed by atoms with Crippen LogP contribution in [0.4, 0.5) is 0 Å². The summed E-state index contributed by atoms with van der Waals surface area (Å²) in [6.45, 7) is 1.74. The molecule has 7 heteroatoms. The smallest absolute Gasteiger partial charge is 0.305 e. The van der Waals surface area contributed by atoms with Crippen molar-refractivity contribution in [2.75, 3.05) is 6.61 Å². The normalized spacial score (nSPS) is 28.0. The molecular formula is C28H30O6S. The van der Waals surface area contributed by atoms with Crippen LogP contribution in [0.25, 0.3) is 0 Å². The minimum Gasteiger partial charge on any atom is -0.376 e. The third kappa shape index (κ3) is 6.44. The van der Waals surface area contributed by atoms with Gasteiger partial charge in [-0.25, -0.2) is 0 Å². The minimum absolute atomic E-state index is 0.201. The van der Waals surface area contributed by atoms with E-state index in [1.165, 1.54) is 0 Å². The molecule has 35 heavy (non-hydrogen) atoms. The Morgan fingerprint density at radius 2 is 1.26 bits per heavy atom. The van der Waals surface area contributed by atoms with Crippen molar-refractivity contribution in [3.63, 3.8) is 0 Å². The second-order valence-corrected chi connectivity index (χ2v) is 9.69. The molecule has 1 aliphatic heterocycles.